The van der Waals surface area contributed by atoms with Crippen LogP contribution in [0.15, 0.2) is 54.7 Å². The lowest BCUT2D eigenvalue weighted by molar-refractivity contribution is -0.121. The van der Waals surface area contributed by atoms with E-state index in [0.29, 0.717) is 19.0 Å². The Balaban J connectivity index is 1.31. The molecule has 0 radical (unpaired) electrons. The fraction of sp³-hybridized carbons (Fsp3) is 0.444. The van der Waals surface area contributed by atoms with Crippen molar-refractivity contribution < 1.29 is 9.18 Å². The number of carbonyl (C=O) groups is 1. The number of nitrogens with zero attached hydrogens (tertiary/aromatic N) is 3. The van der Waals surface area contributed by atoms with Gasteiger partial charge in [-0.25, -0.2) is 4.39 Å². The van der Waals surface area contributed by atoms with E-state index >= 15 is 0 Å². The molecule has 1 N–H and O–H groups in total. The van der Waals surface area contributed by atoms with Crippen LogP contribution < -0.4 is 5.32 Å². The third-order valence-corrected chi connectivity index (χ3v) is 6.64. The predicted molar refractivity (Wildman–Crippen MR) is 132 cm³/mol. The number of hydrogen-bond donors (Lipinski definition) is 1. The summed E-state index contributed by atoms with van der Waals surface area (Å²) in [6.07, 6.45) is 5.94. The lowest BCUT2D eigenvalue weighted by Gasteiger charge is -2.33. The van der Waals surface area contributed by atoms with Crippen molar-refractivity contribution in [2.75, 3.05) is 40.3 Å². The standard InChI is InChI=1S/C27H35FN4O/c1-30(2)14-13-27(33)29-20-22-3-6-23-10-18-32(26(23)19-22)25-11-16-31(17-12-25)15-9-21-4-7-24(28)8-5-21/h3-8,10,18-19,25H,9,11-17,20H2,1-2H3,(H,29,33). The number of carbonyl (C=O) groups excluding carboxylic acids is 1. The molecule has 6 heteroatoms. The first-order chi connectivity index (χ1) is 16.0. The fourth-order valence-corrected chi connectivity index (χ4v) is 4.60. The van der Waals surface area contributed by atoms with Crippen LogP contribution in [0.3, 0.4) is 0 Å². The van der Waals surface area contributed by atoms with Gasteiger partial charge in [-0.05, 0) is 74.1 Å². The topological polar surface area (TPSA) is 40.5 Å². The van der Waals surface area contributed by atoms with Crippen molar-refractivity contribution in [3.63, 3.8) is 0 Å². The van der Waals surface area contributed by atoms with E-state index < -0.39 is 0 Å². The van der Waals surface area contributed by atoms with Gasteiger partial charge in [-0.1, -0.05) is 24.3 Å². The maximum absolute atomic E-state index is 13.1. The highest BCUT2D eigenvalue weighted by Gasteiger charge is 2.21. The molecule has 2 heterocycles. The molecule has 0 atom stereocenters. The molecule has 5 nitrogen and oxygen atoms in total. The number of rotatable bonds is 9. The van der Waals surface area contributed by atoms with Crippen molar-refractivity contribution in [3.8, 4) is 0 Å². The summed E-state index contributed by atoms with van der Waals surface area (Å²) in [6.45, 7) is 4.49. The molecule has 0 aliphatic carbocycles. The van der Waals surface area contributed by atoms with Gasteiger partial charge in [0.15, 0.2) is 0 Å². The third kappa shape index (κ3) is 6.42. The summed E-state index contributed by atoms with van der Waals surface area (Å²) in [5.74, 6) is -0.0828. The monoisotopic (exact) mass is 450 g/mol. The maximum atomic E-state index is 13.1. The molecule has 33 heavy (non-hydrogen) atoms. The Hall–Kier alpha value is -2.70. The lowest BCUT2D eigenvalue weighted by atomic mass is 10.0. The van der Waals surface area contributed by atoms with Crippen molar-refractivity contribution in [3.05, 3.63) is 71.7 Å². The maximum Gasteiger partial charge on any atom is 0.221 e. The zero-order chi connectivity index (χ0) is 23.2. The quantitative estimate of drug-likeness (QED) is 0.531. The highest BCUT2D eigenvalue weighted by atomic mass is 19.1. The second-order valence-electron chi connectivity index (χ2n) is 9.40. The average molecular weight is 451 g/mol. The number of benzene rings is 2. The molecule has 1 amide bonds. The minimum absolute atomic E-state index is 0.0900. The van der Waals surface area contributed by atoms with E-state index in [1.54, 1.807) is 12.1 Å². The Kier molecular flexibility index (Phi) is 7.78. The highest BCUT2D eigenvalue weighted by molar-refractivity contribution is 5.81. The predicted octanol–water partition coefficient (Wildman–Crippen LogP) is 4.23. The molecule has 176 valence electrons. The van der Waals surface area contributed by atoms with Crippen molar-refractivity contribution in [2.24, 2.45) is 0 Å². The van der Waals surface area contributed by atoms with Crippen molar-refractivity contribution >= 4 is 16.8 Å². The number of halogens is 1. The Morgan fingerprint density at radius 3 is 2.52 bits per heavy atom. The molecule has 2 aromatic carbocycles. The average Bonchev–Trinajstić information content (AvgIpc) is 3.24. The Morgan fingerprint density at radius 1 is 1.06 bits per heavy atom. The number of amides is 1. The van der Waals surface area contributed by atoms with E-state index in [-0.39, 0.29) is 11.7 Å². The molecule has 1 fully saturated rings. The van der Waals surface area contributed by atoms with Crippen molar-refractivity contribution in [1.29, 1.82) is 0 Å². The third-order valence-electron chi connectivity index (χ3n) is 6.64. The molecule has 1 aliphatic rings. The minimum atomic E-state index is -0.173. The fourth-order valence-electron chi connectivity index (χ4n) is 4.60. The summed E-state index contributed by atoms with van der Waals surface area (Å²) in [7, 11) is 3.96. The smallest absolute Gasteiger partial charge is 0.221 e. The van der Waals surface area contributed by atoms with Gasteiger partial charge in [0, 0.05) is 56.9 Å². The first kappa shape index (κ1) is 23.5. The summed E-state index contributed by atoms with van der Waals surface area (Å²) in [5, 5.41) is 4.29. The van der Waals surface area contributed by atoms with Crippen molar-refractivity contribution in [2.45, 2.75) is 38.3 Å². The first-order valence-electron chi connectivity index (χ1n) is 12.0. The van der Waals surface area contributed by atoms with E-state index in [2.05, 4.69) is 45.2 Å². The summed E-state index contributed by atoms with van der Waals surface area (Å²) in [5.41, 5.74) is 3.58. The van der Waals surface area contributed by atoms with Gasteiger partial charge in [0.25, 0.3) is 0 Å². The van der Waals surface area contributed by atoms with Crippen LogP contribution in [0.25, 0.3) is 10.9 Å². The first-order valence-corrected chi connectivity index (χ1v) is 12.0. The molecule has 0 bridgehead atoms. The number of hydrogen-bond acceptors (Lipinski definition) is 3. The van der Waals surface area contributed by atoms with Gasteiger partial charge in [-0.15, -0.1) is 0 Å². The minimum Gasteiger partial charge on any atom is -0.352 e. The summed E-state index contributed by atoms with van der Waals surface area (Å²) in [4.78, 5) is 16.6. The summed E-state index contributed by atoms with van der Waals surface area (Å²) in [6, 6.07) is 16.0. The van der Waals surface area contributed by atoms with Crippen LogP contribution in [0, 0.1) is 5.82 Å². The Bertz CT molecular complexity index is 1050. The zero-order valence-electron chi connectivity index (χ0n) is 19.8. The largest absolute Gasteiger partial charge is 0.352 e. The van der Waals surface area contributed by atoms with Crippen LogP contribution in [0.1, 0.15) is 36.4 Å². The van der Waals surface area contributed by atoms with Gasteiger partial charge < -0.3 is 19.7 Å². The second kappa shape index (κ2) is 10.9. The van der Waals surface area contributed by atoms with E-state index in [0.717, 1.165) is 51.0 Å². The SMILES string of the molecule is CN(C)CCC(=O)NCc1ccc2ccn(C3CCN(CCc4ccc(F)cc4)CC3)c2c1. The van der Waals surface area contributed by atoms with Gasteiger partial charge in [0.2, 0.25) is 5.91 Å². The van der Waals surface area contributed by atoms with Crippen LogP contribution >= 0.6 is 0 Å². The summed E-state index contributed by atoms with van der Waals surface area (Å²) >= 11 is 0. The molecule has 4 rings (SSSR count). The van der Waals surface area contributed by atoms with Crippen LogP contribution in [0.5, 0.6) is 0 Å². The van der Waals surface area contributed by atoms with E-state index in [1.165, 1.54) is 16.5 Å². The van der Waals surface area contributed by atoms with E-state index in [9.17, 15) is 9.18 Å². The molecule has 3 aromatic rings. The number of fused-ring (bicyclic) bond motifs is 1. The van der Waals surface area contributed by atoms with E-state index in [1.807, 2.05) is 31.1 Å². The van der Waals surface area contributed by atoms with Crippen LogP contribution in [0.2, 0.25) is 0 Å². The van der Waals surface area contributed by atoms with Crippen molar-refractivity contribution in [1.82, 2.24) is 19.7 Å². The Labute approximate surface area is 196 Å². The van der Waals surface area contributed by atoms with Gasteiger partial charge in [0.05, 0.1) is 0 Å². The zero-order valence-corrected chi connectivity index (χ0v) is 19.8. The van der Waals surface area contributed by atoms with Crippen LogP contribution in [-0.4, -0.2) is 60.5 Å². The van der Waals surface area contributed by atoms with Gasteiger partial charge in [-0.3, -0.25) is 4.79 Å². The number of aromatic nitrogens is 1. The summed E-state index contributed by atoms with van der Waals surface area (Å²) < 4.78 is 15.5. The number of nitrogens with one attached hydrogen (secondary N) is 1. The van der Waals surface area contributed by atoms with Gasteiger partial charge in [-0.2, -0.15) is 0 Å². The number of likely N-dealkylation sites (tertiary alicyclic amines) is 1. The molecule has 1 saturated heterocycles. The van der Waals surface area contributed by atoms with Crippen LogP contribution in [-0.2, 0) is 17.8 Å². The number of piperidine rings is 1. The molecule has 0 unspecified atom stereocenters. The lowest BCUT2D eigenvalue weighted by Crippen LogP contribution is -2.35. The normalized spacial score (nSPS) is 15.4. The molecular weight excluding hydrogens is 415 g/mol. The highest BCUT2D eigenvalue weighted by Crippen LogP contribution is 2.28. The molecule has 0 saturated carbocycles. The van der Waals surface area contributed by atoms with Gasteiger partial charge >= 0.3 is 0 Å². The molecular formula is C27H35FN4O. The Morgan fingerprint density at radius 2 is 1.79 bits per heavy atom. The molecule has 1 aliphatic heterocycles. The van der Waals surface area contributed by atoms with Gasteiger partial charge in [0.1, 0.15) is 5.82 Å². The molecule has 0 spiro atoms. The van der Waals surface area contributed by atoms with E-state index in [4.69, 9.17) is 0 Å². The molecule has 1 aromatic heterocycles. The second-order valence-corrected chi connectivity index (χ2v) is 9.40. The van der Waals surface area contributed by atoms with Crippen LogP contribution in [0.4, 0.5) is 4.39 Å².